The van der Waals surface area contributed by atoms with Gasteiger partial charge in [0.2, 0.25) is 11.1 Å². The Morgan fingerprint density at radius 3 is 2.39 bits per heavy atom. The van der Waals surface area contributed by atoms with E-state index in [1.165, 1.54) is 17.3 Å². The average Bonchev–Trinajstić information content (AvgIpc) is 3.27. The second-order valence-electron chi connectivity index (χ2n) is 7.23. The molecule has 1 N–H and O–H groups in total. The molecule has 156 valence electrons. The number of aryl methyl sites for hydroxylation is 1. The van der Waals surface area contributed by atoms with E-state index in [1.54, 1.807) is 4.68 Å². The van der Waals surface area contributed by atoms with Crippen LogP contribution in [0.25, 0.3) is 16.8 Å². The molecule has 1 aromatic heterocycles. The quantitative estimate of drug-likeness (QED) is 0.435. The maximum absolute atomic E-state index is 12.5. The Labute approximate surface area is 185 Å². The van der Waals surface area contributed by atoms with Crippen molar-refractivity contribution in [3.8, 4) is 16.8 Å². The van der Waals surface area contributed by atoms with Crippen LogP contribution in [0, 0.1) is 6.92 Å². The zero-order valence-electron chi connectivity index (χ0n) is 17.4. The van der Waals surface area contributed by atoms with Gasteiger partial charge in [-0.3, -0.25) is 4.79 Å². The molecule has 0 spiro atoms. The summed E-state index contributed by atoms with van der Waals surface area (Å²) in [5, 5.41) is 15.5. The van der Waals surface area contributed by atoms with Gasteiger partial charge in [0.15, 0.2) is 0 Å². The van der Waals surface area contributed by atoms with E-state index >= 15 is 0 Å². The van der Waals surface area contributed by atoms with E-state index in [9.17, 15) is 4.79 Å². The molecule has 6 nitrogen and oxygen atoms in total. The van der Waals surface area contributed by atoms with E-state index in [1.807, 2.05) is 56.3 Å². The van der Waals surface area contributed by atoms with E-state index < -0.39 is 0 Å². The first-order valence-electron chi connectivity index (χ1n) is 10.0. The second-order valence-corrected chi connectivity index (χ2v) is 8.17. The van der Waals surface area contributed by atoms with E-state index in [4.69, 9.17) is 0 Å². The molecule has 0 saturated heterocycles. The first-order chi connectivity index (χ1) is 15.1. The molecule has 4 aromatic rings. The van der Waals surface area contributed by atoms with Crippen molar-refractivity contribution >= 4 is 17.7 Å². The molecule has 0 aliphatic carbocycles. The Morgan fingerprint density at radius 2 is 1.65 bits per heavy atom. The Bertz CT molecular complexity index is 1160. The minimum absolute atomic E-state index is 0.0658. The number of hydrogen-bond acceptors (Lipinski definition) is 5. The summed E-state index contributed by atoms with van der Waals surface area (Å²) in [6.45, 7) is 3.99. The van der Waals surface area contributed by atoms with Crippen molar-refractivity contribution in [2.24, 2.45) is 0 Å². The second kappa shape index (κ2) is 9.57. The van der Waals surface area contributed by atoms with Gasteiger partial charge >= 0.3 is 0 Å². The molecule has 31 heavy (non-hydrogen) atoms. The summed E-state index contributed by atoms with van der Waals surface area (Å²) in [6.07, 6.45) is 0. The zero-order chi connectivity index (χ0) is 21.6. The van der Waals surface area contributed by atoms with Gasteiger partial charge in [0.1, 0.15) is 0 Å². The van der Waals surface area contributed by atoms with Gasteiger partial charge in [-0.25, -0.2) is 0 Å². The number of para-hydroxylation sites is 1. The van der Waals surface area contributed by atoms with Gasteiger partial charge in [-0.15, -0.1) is 5.10 Å². The van der Waals surface area contributed by atoms with Crippen LogP contribution in [0.4, 0.5) is 0 Å². The first-order valence-corrected chi connectivity index (χ1v) is 11.0. The van der Waals surface area contributed by atoms with Crippen molar-refractivity contribution in [3.63, 3.8) is 0 Å². The lowest BCUT2D eigenvalue weighted by molar-refractivity contribution is -0.119. The van der Waals surface area contributed by atoms with Gasteiger partial charge in [0.05, 0.1) is 17.5 Å². The van der Waals surface area contributed by atoms with E-state index in [2.05, 4.69) is 57.2 Å². The van der Waals surface area contributed by atoms with Gasteiger partial charge in [-0.2, -0.15) is 4.68 Å². The fourth-order valence-corrected chi connectivity index (χ4v) is 4.01. The van der Waals surface area contributed by atoms with E-state index in [0.29, 0.717) is 5.16 Å². The Balaban J connectivity index is 1.36. The normalized spacial score (nSPS) is 11.8. The molecule has 7 heteroatoms. The lowest BCUT2D eigenvalue weighted by Crippen LogP contribution is -2.28. The Hall–Kier alpha value is -3.45. The van der Waals surface area contributed by atoms with Gasteiger partial charge in [-0.05, 0) is 52.6 Å². The lowest BCUT2D eigenvalue weighted by Gasteiger charge is -2.15. The minimum Gasteiger partial charge on any atom is -0.349 e. The molecule has 0 radical (unpaired) electrons. The lowest BCUT2D eigenvalue weighted by atomic mass is 10.0. The van der Waals surface area contributed by atoms with Crippen LogP contribution in [0.1, 0.15) is 24.1 Å². The van der Waals surface area contributed by atoms with Gasteiger partial charge < -0.3 is 5.32 Å². The smallest absolute Gasteiger partial charge is 0.230 e. The number of benzene rings is 3. The zero-order valence-corrected chi connectivity index (χ0v) is 18.2. The highest BCUT2D eigenvalue weighted by atomic mass is 32.2. The van der Waals surface area contributed by atoms with Crippen molar-refractivity contribution in [1.29, 1.82) is 0 Å². The predicted molar refractivity (Wildman–Crippen MR) is 123 cm³/mol. The van der Waals surface area contributed by atoms with Crippen molar-refractivity contribution in [3.05, 3.63) is 90.0 Å². The first kappa shape index (κ1) is 20.8. The Kier molecular flexibility index (Phi) is 6.43. The molecule has 0 aliphatic rings. The van der Waals surface area contributed by atoms with Crippen molar-refractivity contribution < 1.29 is 4.79 Å². The molecule has 4 rings (SSSR count). The molecule has 3 aromatic carbocycles. The molecule has 1 amide bonds. The number of nitrogens with zero attached hydrogens (tertiary/aromatic N) is 4. The standard InChI is InChI=1S/C24H23N5OS/c1-17-8-6-7-11-22(17)29-24(26-27-28-29)31-16-23(30)25-18(2)19-12-14-21(15-13-19)20-9-4-3-5-10-20/h3-15,18H,16H2,1-2H3,(H,25,30)/t18-/m0/s1. The van der Waals surface area contributed by atoms with Crippen LogP contribution in [-0.4, -0.2) is 31.9 Å². The summed E-state index contributed by atoms with van der Waals surface area (Å²) in [5.41, 5.74) is 5.36. The number of nitrogens with one attached hydrogen (secondary N) is 1. The number of carbonyl (C=O) groups is 1. The molecular formula is C24H23N5OS. The number of thioether (sulfide) groups is 1. The molecule has 0 bridgehead atoms. The molecule has 0 unspecified atom stereocenters. The number of carbonyl (C=O) groups excluding carboxylic acids is 1. The minimum atomic E-state index is -0.0923. The number of tetrazole rings is 1. The molecule has 0 saturated carbocycles. The number of hydrogen-bond donors (Lipinski definition) is 1. The average molecular weight is 430 g/mol. The third kappa shape index (κ3) is 5.00. The summed E-state index contributed by atoms with van der Waals surface area (Å²) >= 11 is 1.32. The molecule has 0 aliphatic heterocycles. The van der Waals surface area contributed by atoms with Crippen molar-refractivity contribution in [2.45, 2.75) is 25.0 Å². The maximum Gasteiger partial charge on any atom is 0.230 e. The molecule has 0 fully saturated rings. The van der Waals surface area contributed by atoms with Crippen LogP contribution >= 0.6 is 11.8 Å². The van der Waals surface area contributed by atoms with Crippen LogP contribution in [0.2, 0.25) is 0 Å². The summed E-state index contributed by atoms with van der Waals surface area (Å²) < 4.78 is 1.67. The summed E-state index contributed by atoms with van der Waals surface area (Å²) in [4.78, 5) is 12.5. The highest BCUT2D eigenvalue weighted by Gasteiger charge is 2.15. The van der Waals surface area contributed by atoms with Crippen LogP contribution in [0.5, 0.6) is 0 Å². The van der Waals surface area contributed by atoms with E-state index in [0.717, 1.165) is 22.4 Å². The third-order valence-electron chi connectivity index (χ3n) is 5.01. The fourth-order valence-electron chi connectivity index (χ4n) is 3.31. The molecule has 1 heterocycles. The number of amides is 1. The summed E-state index contributed by atoms with van der Waals surface area (Å²) in [7, 11) is 0. The molecule has 1 atom stereocenters. The predicted octanol–water partition coefficient (Wildman–Crippen LogP) is 4.61. The highest BCUT2D eigenvalue weighted by molar-refractivity contribution is 7.99. The van der Waals surface area contributed by atoms with Crippen molar-refractivity contribution in [2.75, 3.05) is 5.75 Å². The maximum atomic E-state index is 12.5. The van der Waals surface area contributed by atoms with Crippen molar-refractivity contribution in [1.82, 2.24) is 25.5 Å². The largest absolute Gasteiger partial charge is 0.349 e. The molecular weight excluding hydrogens is 406 g/mol. The highest BCUT2D eigenvalue weighted by Crippen LogP contribution is 2.23. The van der Waals surface area contributed by atoms with E-state index in [-0.39, 0.29) is 17.7 Å². The van der Waals surface area contributed by atoms with Crippen LogP contribution < -0.4 is 5.32 Å². The van der Waals surface area contributed by atoms with Crippen LogP contribution in [0.3, 0.4) is 0 Å². The monoisotopic (exact) mass is 429 g/mol. The van der Waals surface area contributed by atoms with Gasteiger partial charge in [0, 0.05) is 0 Å². The number of aromatic nitrogens is 4. The topological polar surface area (TPSA) is 72.7 Å². The van der Waals surface area contributed by atoms with Gasteiger partial charge in [-0.1, -0.05) is 84.6 Å². The fraction of sp³-hybridized carbons (Fsp3) is 0.167. The third-order valence-corrected chi connectivity index (χ3v) is 5.93. The van der Waals surface area contributed by atoms with Gasteiger partial charge in [0.25, 0.3) is 0 Å². The number of rotatable bonds is 7. The van der Waals surface area contributed by atoms with Crippen LogP contribution in [0.15, 0.2) is 84.0 Å². The SMILES string of the molecule is Cc1ccccc1-n1nnnc1SCC(=O)N[C@@H](C)c1ccc(-c2ccccc2)cc1. The summed E-state index contributed by atoms with van der Waals surface area (Å²) in [5.74, 6) is 0.169. The van der Waals surface area contributed by atoms with Crippen LogP contribution in [-0.2, 0) is 4.79 Å². The Morgan fingerprint density at radius 1 is 0.968 bits per heavy atom. The summed E-state index contributed by atoms with van der Waals surface area (Å²) in [6, 6.07) is 26.3.